The number of carbonyl (C=O) groups is 1. The van der Waals surface area contributed by atoms with Gasteiger partial charge in [0.1, 0.15) is 0 Å². The Hall–Kier alpha value is -1.88. The number of nitrogens with two attached hydrogens (primary N) is 1. The van der Waals surface area contributed by atoms with Crippen LogP contribution in [0.25, 0.3) is 11.0 Å². The molecule has 2 aromatic carbocycles. The van der Waals surface area contributed by atoms with E-state index in [-0.39, 0.29) is 16.6 Å². The number of benzene rings is 2. The molecule has 10 heteroatoms. The summed E-state index contributed by atoms with van der Waals surface area (Å²) < 4.78 is 25.8. The molecule has 0 aliphatic carbocycles. The van der Waals surface area contributed by atoms with Crippen LogP contribution in [0.15, 0.2) is 57.0 Å². The minimum atomic E-state index is -3.79. The molecule has 1 aromatic heterocycles. The number of hydrogen-bond acceptors (Lipinski definition) is 5. The smallest absolute Gasteiger partial charge is 0.238 e. The summed E-state index contributed by atoms with van der Waals surface area (Å²) in [5.41, 5.74) is 2.01. The molecular weight excluding hydrogens is 452 g/mol. The summed E-state index contributed by atoms with van der Waals surface area (Å²) in [6.07, 6.45) is 0. The first-order chi connectivity index (χ1) is 12.8. The number of hydrogen-bond donors (Lipinski definition) is 2. The van der Waals surface area contributed by atoms with Gasteiger partial charge in [-0.3, -0.25) is 4.79 Å². The van der Waals surface area contributed by atoms with Crippen molar-refractivity contribution in [1.29, 1.82) is 0 Å². The van der Waals surface area contributed by atoms with Crippen LogP contribution in [0.3, 0.4) is 0 Å². The molecule has 0 aliphatic heterocycles. The fourth-order valence-electron chi connectivity index (χ4n) is 2.56. The molecule has 0 radical (unpaired) electrons. The van der Waals surface area contributed by atoms with E-state index in [4.69, 9.17) is 5.14 Å². The molecule has 7 nitrogen and oxygen atoms in total. The van der Waals surface area contributed by atoms with Crippen molar-refractivity contribution in [3.05, 3.63) is 46.9 Å². The van der Waals surface area contributed by atoms with Crippen molar-refractivity contribution in [1.82, 2.24) is 9.55 Å². The maximum absolute atomic E-state index is 12.3. The van der Waals surface area contributed by atoms with Crippen molar-refractivity contribution in [3.8, 4) is 0 Å². The maximum atomic E-state index is 12.3. The fraction of sp³-hybridized carbons (Fsp3) is 0.176. The number of imidazole rings is 1. The number of anilines is 1. The summed E-state index contributed by atoms with van der Waals surface area (Å²) in [7, 11) is -3.79. The van der Waals surface area contributed by atoms with E-state index in [0.717, 1.165) is 9.99 Å². The summed E-state index contributed by atoms with van der Waals surface area (Å²) in [4.78, 5) is 16.7. The number of nitrogens with zero attached hydrogens (tertiary/aromatic N) is 2. The van der Waals surface area contributed by atoms with Crippen LogP contribution in [0.5, 0.6) is 0 Å². The number of aryl methyl sites for hydroxylation is 1. The first-order valence-electron chi connectivity index (χ1n) is 8.00. The van der Waals surface area contributed by atoms with E-state index in [2.05, 4.69) is 26.2 Å². The van der Waals surface area contributed by atoms with Gasteiger partial charge in [0.15, 0.2) is 5.16 Å². The van der Waals surface area contributed by atoms with Crippen molar-refractivity contribution >= 4 is 60.3 Å². The molecule has 142 valence electrons. The number of thioether (sulfide) groups is 1. The highest BCUT2D eigenvalue weighted by molar-refractivity contribution is 9.10. The molecule has 0 saturated carbocycles. The second-order valence-corrected chi connectivity index (χ2v) is 9.01. The van der Waals surface area contributed by atoms with Crippen LogP contribution in [0.4, 0.5) is 5.69 Å². The molecular formula is C17H17BrN4O3S2. The Morgan fingerprint density at radius 1 is 1.30 bits per heavy atom. The number of sulfonamides is 1. The molecule has 3 aromatic rings. The zero-order valence-electron chi connectivity index (χ0n) is 14.3. The predicted molar refractivity (Wildman–Crippen MR) is 110 cm³/mol. The number of rotatable bonds is 6. The lowest BCUT2D eigenvalue weighted by atomic mass is 10.3. The number of primary sulfonamides is 1. The third kappa shape index (κ3) is 4.52. The Bertz CT molecular complexity index is 1110. The van der Waals surface area contributed by atoms with Crippen molar-refractivity contribution in [2.75, 3.05) is 11.1 Å². The number of para-hydroxylation sites is 1. The highest BCUT2D eigenvalue weighted by atomic mass is 79.9. The first-order valence-corrected chi connectivity index (χ1v) is 11.3. The molecule has 3 N–H and O–H groups in total. The van der Waals surface area contributed by atoms with Gasteiger partial charge in [-0.1, -0.05) is 23.9 Å². The van der Waals surface area contributed by atoms with Crippen LogP contribution in [0, 0.1) is 0 Å². The molecule has 0 bridgehead atoms. The van der Waals surface area contributed by atoms with E-state index in [0.29, 0.717) is 22.9 Å². The van der Waals surface area contributed by atoms with E-state index in [1.165, 1.54) is 23.9 Å². The minimum absolute atomic E-state index is 0.0129. The Balaban J connectivity index is 1.80. The van der Waals surface area contributed by atoms with Crippen LogP contribution in [0.2, 0.25) is 0 Å². The number of amides is 1. The van der Waals surface area contributed by atoms with Crippen LogP contribution in [-0.2, 0) is 21.4 Å². The standard InChI is InChI=1S/C17H17BrN4O3S2/c1-2-22-15-8-7-11(27(19,24)25)9-14(15)21-17(22)26-10-16(23)20-13-6-4-3-5-12(13)18/h3-9H,2,10H2,1H3,(H,20,23)(H2,19,24,25). The van der Waals surface area contributed by atoms with Gasteiger partial charge in [0.2, 0.25) is 15.9 Å². The summed E-state index contributed by atoms with van der Waals surface area (Å²) in [5.74, 6) is 0.0130. The molecule has 0 unspecified atom stereocenters. The number of carbonyl (C=O) groups excluding carboxylic acids is 1. The van der Waals surface area contributed by atoms with Crippen molar-refractivity contribution in [3.63, 3.8) is 0 Å². The first kappa shape index (κ1) is 19.9. The van der Waals surface area contributed by atoms with Gasteiger partial charge >= 0.3 is 0 Å². The summed E-state index contributed by atoms with van der Waals surface area (Å²) in [6.45, 7) is 2.60. The number of halogens is 1. The topological polar surface area (TPSA) is 107 Å². The van der Waals surface area contributed by atoms with E-state index >= 15 is 0 Å². The molecule has 1 heterocycles. The van der Waals surface area contributed by atoms with Gasteiger partial charge < -0.3 is 9.88 Å². The molecule has 0 saturated heterocycles. The number of nitrogens with one attached hydrogen (secondary N) is 1. The molecule has 0 spiro atoms. The lowest BCUT2D eigenvalue weighted by Crippen LogP contribution is -2.14. The van der Waals surface area contributed by atoms with E-state index in [9.17, 15) is 13.2 Å². The zero-order chi connectivity index (χ0) is 19.6. The summed E-state index contributed by atoms with van der Waals surface area (Å²) >= 11 is 4.68. The third-order valence-electron chi connectivity index (χ3n) is 3.81. The summed E-state index contributed by atoms with van der Waals surface area (Å²) in [5, 5.41) is 8.67. The van der Waals surface area contributed by atoms with Crippen molar-refractivity contribution in [2.24, 2.45) is 5.14 Å². The van der Waals surface area contributed by atoms with Crippen LogP contribution in [-0.4, -0.2) is 29.6 Å². The van der Waals surface area contributed by atoms with Crippen molar-refractivity contribution < 1.29 is 13.2 Å². The van der Waals surface area contributed by atoms with Gasteiger partial charge in [-0.05, 0) is 53.2 Å². The Morgan fingerprint density at radius 3 is 2.70 bits per heavy atom. The SMILES string of the molecule is CCn1c(SCC(=O)Nc2ccccc2Br)nc2cc(S(N)(=O)=O)ccc21. The van der Waals surface area contributed by atoms with Crippen molar-refractivity contribution in [2.45, 2.75) is 23.5 Å². The van der Waals surface area contributed by atoms with Gasteiger partial charge in [0, 0.05) is 11.0 Å². The Morgan fingerprint density at radius 2 is 2.04 bits per heavy atom. The monoisotopic (exact) mass is 468 g/mol. The van der Waals surface area contributed by atoms with E-state index in [1.807, 2.05) is 35.8 Å². The van der Waals surface area contributed by atoms with Crippen LogP contribution < -0.4 is 10.5 Å². The zero-order valence-corrected chi connectivity index (χ0v) is 17.6. The molecule has 3 rings (SSSR count). The Kier molecular flexibility index (Phi) is 5.89. The maximum Gasteiger partial charge on any atom is 0.238 e. The molecule has 27 heavy (non-hydrogen) atoms. The van der Waals surface area contributed by atoms with Crippen LogP contribution in [0.1, 0.15) is 6.92 Å². The predicted octanol–water partition coefficient (Wildman–Crippen LogP) is 3.20. The van der Waals surface area contributed by atoms with E-state index < -0.39 is 10.0 Å². The second-order valence-electron chi connectivity index (χ2n) is 5.65. The average Bonchev–Trinajstić information content (AvgIpc) is 2.98. The Labute approximate surface area is 169 Å². The highest BCUT2D eigenvalue weighted by Gasteiger charge is 2.15. The minimum Gasteiger partial charge on any atom is -0.324 e. The van der Waals surface area contributed by atoms with Gasteiger partial charge in [-0.15, -0.1) is 0 Å². The largest absolute Gasteiger partial charge is 0.324 e. The van der Waals surface area contributed by atoms with Gasteiger partial charge in [0.25, 0.3) is 0 Å². The molecule has 0 aliphatic rings. The molecule has 0 fully saturated rings. The van der Waals surface area contributed by atoms with Gasteiger partial charge in [-0.2, -0.15) is 0 Å². The van der Waals surface area contributed by atoms with Gasteiger partial charge in [-0.25, -0.2) is 18.5 Å². The lowest BCUT2D eigenvalue weighted by molar-refractivity contribution is -0.113. The quantitative estimate of drug-likeness (QED) is 0.540. The van der Waals surface area contributed by atoms with Crippen LogP contribution >= 0.6 is 27.7 Å². The second kappa shape index (κ2) is 8.01. The number of aromatic nitrogens is 2. The molecule has 0 atom stereocenters. The van der Waals surface area contributed by atoms with E-state index in [1.54, 1.807) is 6.07 Å². The molecule has 1 amide bonds. The number of fused-ring (bicyclic) bond motifs is 1. The van der Waals surface area contributed by atoms with Gasteiger partial charge in [0.05, 0.1) is 27.4 Å². The highest BCUT2D eigenvalue weighted by Crippen LogP contribution is 2.27. The average molecular weight is 469 g/mol. The normalized spacial score (nSPS) is 11.7. The lowest BCUT2D eigenvalue weighted by Gasteiger charge is -2.08. The third-order valence-corrected chi connectivity index (χ3v) is 6.39. The fourth-order valence-corrected chi connectivity index (χ4v) is 4.36. The summed E-state index contributed by atoms with van der Waals surface area (Å²) in [6, 6.07) is 11.9.